The van der Waals surface area contributed by atoms with Crippen molar-refractivity contribution >= 4 is 10.9 Å². The fraction of sp³-hybridized carbons (Fsp3) is 0.250. The molecule has 15 heavy (non-hydrogen) atoms. The molecule has 0 fully saturated rings. The molecule has 2 rings (SSSR count). The monoisotopic (exact) mass is 202 g/mol. The quantitative estimate of drug-likeness (QED) is 0.798. The number of H-pyrrole nitrogens is 1. The van der Waals surface area contributed by atoms with E-state index in [9.17, 15) is 4.39 Å². The fourth-order valence-corrected chi connectivity index (χ4v) is 1.86. The number of nitrogens with one attached hydrogen (secondary N) is 1. The number of halogens is 1. The van der Waals surface area contributed by atoms with Crippen LogP contribution >= 0.6 is 0 Å². The summed E-state index contributed by atoms with van der Waals surface area (Å²) in [6, 6.07) is 6.79. The molecule has 0 radical (unpaired) electrons. The molecule has 0 aliphatic carbocycles. The Labute approximate surface area is 87.3 Å². The van der Waals surface area contributed by atoms with E-state index in [0.717, 1.165) is 22.2 Å². The molecule has 2 aromatic rings. The first-order chi connectivity index (χ1) is 7.22. The minimum atomic E-state index is -0.236. The summed E-state index contributed by atoms with van der Waals surface area (Å²) in [6.45, 7) is 1.95. The Morgan fingerprint density at radius 3 is 3.00 bits per heavy atom. The van der Waals surface area contributed by atoms with E-state index < -0.39 is 0 Å². The average Bonchev–Trinajstić information content (AvgIpc) is 2.51. The fourth-order valence-electron chi connectivity index (χ4n) is 1.86. The molecule has 1 heterocycles. The largest absolute Gasteiger partial charge is 0.358 e. The topological polar surface area (TPSA) is 39.6 Å². The minimum Gasteiger partial charge on any atom is -0.358 e. The van der Waals surface area contributed by atoms with Crippen molar-refractivity contribution in [3.8, 4) is 6.07 Å². The van der Waals surface area contributed by atoms with Gasteiger partial charge in [0.25, 0.3) is 0 Å². The Bertz CT molecular complexity index is 534. The van der Waals surface area contributed by atoms with Gasteiger partial charge in [0.2, 0.25) is 0 Å². The molecule has 1 N–H and O–H groups in total. The molecule has 76 valence electrons. The van der Waals surface area contributed by atoms with Crippen LogP contribution in [0.4, 0.5) is 4.39 Å². The SMILES string of the molecule is Cc1[nH]c2ccc(F)cc2c1CCC#N. The summed E-state index contributed by atoms with van der Waals surface area (Å²) in [5.41, 5.74) is 3.00. The third-order valence-electron chi connectivity index (χ3n) is 2.57. The van der Waals surface area contributed by atoms with E-state index in [1.165, 1.54) is 12.1 Å². The Kier molecular flexibility index (Phi) is 2.42. The summed E-state index contributed by atoms with van der Waals surface area (Å²) >= 11 is 0. The molecule has 0 bridgehead atoms. The van der Waals surface area contributed by atoms with Crippen LogP contribution in [-0.4, -0.2) is 4.98 Å². The maximum absolute atomic E-state index is 13.1. The Morgan fingerprint density at radius 2 is 2.27 bits per heavy atom. The summed E-state index contributed by atoms with van der Waals surface area (Å²) in [7, 11) is 0. The smallest absolute Gasteiger partial charge is 0.123 e. The highest BCUT2D eigenvalue weighted by Crippen LogP contribution is 2.23. The molecule has 1 aromatic carbocycles. The summed E-state index contributed by atoms with van der Waals surface area (Å²) in [5.74, 6) is -0.236. The lowest BCUT2D eigenvalue weighted by Gasteiger charge is -1.96. The van der Waals surface area contributed by atoms with E-state index in [4.69, 9.17) is 5.26 Å². The zero-order chi connectivity index (χ0) is 10.8. The molecule has 0 atom stereocenters. The molecule has 3 heteroatoms. The number of aryl methyl sites for hydroxylation is 2. The van der Waals surface area contributed by atoms with Gasteiger partial charge < -0.3 is 4.98 Å². The Hall–Kier alpha value is -1.82. The van der Waals surface area contributed by atoms with E-state index in [2.05, 4.69) is 11.1 Å². The third kappa shape index (κ3) is 1.71. The number of aromatic nitrogens is 1. The molecule has 0 saturated carbocycles. The molecule has 0 aliphatic heterocycles. The van der Waals surface area contributed by atoms with Gasteiger partial charge in [-0.3, -0.25) is 0 Å². The molecule has 0 spiro atoms. The number of nitrogens with zero attached hydrogens (tertiary/aromatic N) is 1. The molecular weight excluding hydrogens is 191 g/mol. The van der Waals surface area contributed by atoms with Gasteiger partial charge in [-0.2, -0.15) is 5.26 Å². The Morgan fingerprint density at radius 1 is 1.47 bits per heavy atom. The van der Waals surface area contributed by atoms with E-state index in [0.29, 0.717) is 12.8 Å². The van der Waals surface area contributed by atoms with Crippen molar-refractivity contribution < 1.29 is 4.39 Å². The maximum atomic E-state index is 13.1. The van der Waals surface area contributed by atoms with Crippen molar-refractivity contribution in [3.05, 3.63) is 35.3 Å². The first kappa shape index (κ1) is 9.72. The second-order valence-electron chi connectivity index (χ2n) is 3.58. The van der Waals surface area contributed by atoms with E-state index in [1.807, 2.05) is 6.92 Å². The number of aromatic amines is 1. The lowest BCUT2D eigenvalue weighted by Crippen LogP contribution is -1.85. The molecule has 0 amide bonds. The average molecular weight is 202 g/mol. The molecule has 0 saturated heterocycles. The van der Waals surface area contributed by atoms with Crippen LogP contribution in [0.15, 0.2) is 18.2 Å². The van der Waals surface area contributed by atoms with Crippen molar-refractivity contribution in [2.45, 2.75) is 19.8 Å². The molecular formula is C12H11FN2. The minimum absolute atomic E-state index is 0.236. The highest BCUT2D eigenvalue weighted by Gasteiger charge is 2.08. The van der Waals surface area contributed by atoms with E-state index >= 15 is 0 Å². The maximum Gasteiger partial charge on any atom is 0.123 e. The van der Waals surface area contributed by atoms with Crippen molar-refractivity contribution in [1.29, 1.82) is 5.26 Å². The van der Waals surface area contributed by atoms with Gasteiger partial charge in [0.1, 0.15) is 5.82 Å². The van der Waals surface area contributed by atoms with Crippen LogP contribution in [0.1, 0.15) is 17.7 Å². The van der Waals surface area contributed by atoms with Crippen LogP contribution in [-0.2, 0) is 6.42 Å². The van der Waals surface area contributed by atoms with Gasteiger partial charge in [0, 0.05) is 23.0 Å². The summed E-state index contributed by atoms with van der Waals surface area (Å²) in [5, 5.41) is 9.44. The first-order valence-corrected chi connectivity index (χ1v) is 4.86. The van der Waals surface area contributed by atoms with Crippen LogP contribution in [0.5, 0.6) is 0 Å². The van der Waals surface area contributed by atoms with Crippen molar-refractivity contribution in [2.75, 3.05) is 0 Å². The number of rotatable bonds is 2. The number of hydrogen-bond donors (Lipinski definition) is 1. The summed E-state index contributed by atoms with van der Waals surface area (Å²) in [4.78, 5) is 3.19. The highest BCUT2D eigenvalue weighted by molar-refractivity contribution is 5.84. The van der Waals surface area contributed by atoms with Crippen LogP contribution in [0.2, 0.25) is 0 Å². The molecule has 0 aliphatic rings. The van der Waals surface area contributed by atoms with Gasteiger partial charge in [0.15, 0.2) is 0 Å². The van der Waals surface area contributed by atoms with E-state index in [-0.39, 0.29) is 5.82 Å². The van der Waals surface area contributed by atoms with Gasteiger partial charge in [0.05, 0.1) is 6.07 Å². The predicted octanol–water partition coefficient (Wildman–Crippen LogP) is 3.07. The molecule has 0 unspecified atom stereocenters. The molecule has 1 aromatic heterocycles. The highest BCUT2D eigenvalue weighted by atomic mass is 19.1. The zero-order valence-corrected chi connectivity index (χ0v) is 8.47. The second-order valence-corrected chi connectivity index (χ2v) is 3.58. The number of nitriles is 1. The van der Waals surface area contributed by atoms with Gasteiger partial charge in [-0.1, -0.05) is 0 Å². The van der Waals surface area contributed by atoms with Crippen LogP contribution in [0.3, 0.4) is 0 Å². The number of fused-ring (bicyclic) bond motifs is 1. The lowest BCUT2D eigenvalue weighted by molar-refractivity contribution is 0.629. The van der Waals surface area contributed by atoms with Crippen LogP contribution < -0.4 is 0 Å². The van der Waals surface area contributed by atoms with E-state index in [1.54, 1.807) is 6.07 Å². The normalized spacial score (nSPS) is 10.5. The van der Waals surface area contributed by atoms with Gasteiger partial charge >= 0.3 is 0 Å². The number of benzene rings is 1. The number of hydrogen-bond acceptors (Lipinski definition) is 1. The van der Waals surface area contributed by atoms with Gasteiger partial charge in [-0.15, -0.1) is 0 Å². The van der Waals surface area contributed by atoms with Crippen molar-refractivity contribution in [3.63, 3.8) is 0 Å². The lowest BCUT2D eigenvalue weighted by atomic mass is 10.1. The first-order valence-electron chi connectivity index (χ1n) is 4.86. The Balaban J connectivity index is 2.56. The summed E-state index contributed by atoms with van der Waals surface area (Å²) < 4.78 is 13.1. The summed E-state index contributed by atoms with van der Waals surface area (Å²) in [6.07, 6.45) is 1.14. The van der Waals surface area contributed by atoms with Crippen molar-refractivity contribution in [1.82, 2.24) is 4.98 Å². The predicted molar refractivity (Wildman–Crippen MR) is 56.9 cm³/mol. The molecule has 2 nitrogen and oxygen atoms in total. The standard InChI is InChI=1S/C12H11FN2/c1-8-10(3-2-6-14)11-7-9(13)4-5-12(11)15-8/h4-5,7,15H,2-3H2,1H3. The van der Waals surface area contributed by atoms with Gasteiger partial charge in [-0.05, 0) is 37.1 Å². The second kappa shape index (κ2) is 3.74. The van der Waals surface area contributed by atoms with Crippen LogP contribution in [0.25, 0.3) is 10.9 Å². The third-order valence-corrected chi connectivity index (χ3v) is 2.57. The zero-order valence-electron chi connectivity index (χ0n) is 8.47. The van der Waals surface area contributed by atoms with Crippen molar-refractivity contribution in [2.24, 2.45) is 0 Å². The van der Waals surface area contributed by atoms with Crippen LogP contribution in [0, 0.1) is 24.1 Å². The van der Waals surface area contributed by atoms with Gasteiger partial charge in [-0.25, -0.2) is 4.39 Å².